The second-order valence-electron chi connectivity index (χ2n) is 6.02. The summed E-state index contributed by atoms with van der Waals surface area (Å²) in [5, 5.41) is 0. The fraction of sp³-hybridized carbons (Fsp3) is 0.333. The first kappa shape index (κ1) is 15.0. The molecule has 0 aliphatic carbocycles. The van der Waals surface area contributed by atoms with Crippen molar-refractivity contribution < 1.29 is 4.39 Å². The Labute approximate surface area is 131 Å². The Kier molecular flexibility index (Phi) is 4.14. The summed E-state index contributed by atoms with van der Waals surface area (Å²) in [5.41, 5.74) is 11.1. The summed E-state index contributed by atoms with van der Waals surface area (Å²) in [6.07, 6.45) is 0. The highest BCUT2D eigenvalue weighted by molar-refractivity contribution is 5.58. The lowest BCUT2D eigenvalue weighted by Gasteiger charge is -2.23. The van der Waals surface area contributed by atoms with Gasteiger partial charge in [0.05, 0.1) is 0 Å². The standard InChI is InChI=1S/C18H22FN3/c1-21(2)17-5-3-4-15-16(17)12-22(18(15)10-20)11-13-6-8-14(19)9-7-13/h3-9,18H,10-12,20H2,1-2H3. The van der Waals surface area contributed by atoms with Crippen molar-refractivity contribution in [1.29, 1.82) is 0 Å². The van der Waals surface area contributed by atoms with E-state index in [-0.39, 0.29) is 11.9 Å². The molecular formula is C18H22FN3. The van der Waals surface area contributed by atoms with Gasteiger partial charge in [-0.1, -0.05) is 24.3 Å². The van der Waals surface area contributed by atoms with Gasteiger partial charge in [-0.3, -0.25) is 4.90 Å². The third-order valence-electron chi connectivity index (χ3n) is 4.35. The maximum atomic E-state index is 13.1. The highest BCUT2D eigenvalue weighted by Gasteiger charge is 2.31. The van der Waals surface area contributed by atoms with Crippen LogP contribution in [0.25, 0.3) is 0 Å². The van der Waals surface area contributed by atoms with Crippen LogP contribution in [0.1, 0.15) is 22.7 Å². The first-order valence-electron chi connectivity index (χ1n) is 7.58. The second kappa shape index (κ2) is 6.07. The number of rotatable bonds is 4. The Bertz CT molecular complexity index is 652. The van der Waals surface area contributed by atoms with Crippen molar-refractivity contribution >= 4 is 5.69 Å². The van der Waals surface area contributed by atoms with Crippen LogP contribution in [0, 0.1) is 5.82 Å². The van der Waals surface area contributed by atoms with Gasteiger partial charge in [0.2, 0.25) is 0 Å². The molecule has 2 aromatic rings. The van der Waals surface area contributed by atoms with Gasteiger partial charge in [-0.15, -0.1) is 0 Å². The molecule has 1 aliphatic heterocycles. The molecule has 3 nitrogen and oxygen atoms in total. The molecular weight excluding hydrogens is 277 g/mol. The topological polar surface area (TPSA) is 32.5 Å². The summed E-state index contributed by atoms with van der Waals surface area (Å²) in [4.78, 5) is 4.51. The summed E-state index contributed by atoms with van der Waals surface area (Å²) in [6, 6.07) is 13.4. The van der Waals surface area contributed by atoms with E-state index in [2.05, 4.69) is 42.1 Å². The number of nitrogens with two attached hydrogens (primary N) is 1. The number of halogens is 1. The molecule has 116 valence electrons. The second-order valence-corrected chi connectivity index (χ2v) is 6.02. The number of hydrogen-bond acceptors (Lipinski definition) is 3. The quantitative estimate of drug-likeness (QED) is 0.942. The van der Waals surface area contributed by atoms with Gasteiger partial charge in [0, 0.05) is 45.5 Å². The molecule has 0 saturated heterocycles. The Morgan fingerprint density at radius 2 is 1.91 bits per heavy atom. The van der Waals surface area contributed by atoms with Gasteiger partial charge in [0.1, 0.15) is 5.82 Å². The number of benzene rings is 2. The van der Waals surface area contributed by atoms with Crippen LogP contribution in [0.4, 0.5) is 10.1 Å². The number of anilines is 1. The highest BCUT2D eigenvalue weighted by Crippen LogP contribution is 2.38. The average Bonchev–Trinajstić information content (AvgIpc) is 2.86. The minimum absolute atomic E-state index is 0.196. The largest absolute Gasteiger partial charge is 0.377 e. The van der Waals surface area contributed by atoms with Crippen molar-refractivity contribution in [1.82, 2.24) is 4.90 Å². The third kappa shape index (κ3) is 2.72. The Morgan fingerprint density at radius 3 is 2.55 bits per heavy atom. The van der Waals surface area contributed by atoms with Crippen molar-refractivity contribution in [2.75, 3.05) is 25.5 Å². The molecule has 0 saturated carbocycles. The van der Waals surface area contributed by atoms with Crippen LogP contribution in [0.15, 0.2) is 42.5 Å². The molecule has 0 aromatic heterocycles. The van der Waals surface area contributed by atoms with E-state index < -0.39 is 0 Å². The van der Waals surface area contributed by atoms with E-state index in [0.717, 1.165) is 18.7 Å². The van der Waals surface area contributed by atoms with Crippen molar-refractivity contribution in [2.24, 2.45) is 5.73 Å². The van der Waals surface area contributed by atoms with Crippen LogP contribution >= 0.6 is 0 Å². The fourth-order valence-corrected chi connectivity index (χ4v) is 3.27. The predicted octanol–water partition coefficient (Wildman–Crippen LogP) is 2.91. The zero-order valence-electron chi connectivity index (χ0n) is 13.1. The summed E-state index contributed by atoms with van der Waals surface area (Å²) in [6.45, 7) is 2.25. The lowest BCUT2D eigenvalue weighted by molar-refractivity contribution is 0.211. The van der Waals surface area contributed by atoms with Crippen molar-refractivity contribution in [3.8, 4) is 0 Å². The summed E-state index contributed by atoms with van der Waals surface area (Å²) >= 11 is 0. The maximum Gasteiger partial charge on any atom is 0.123 e. The predicted molar refractivity (Wildman–Crippen MR) is 88.2 cm³/mol. The van der Waals surface area contributed by atoms with Gasteiger partial charge in [0.25, 0.3) is 0 Å². The van der Waals surface area contributed by atoms with Gasteiger partial charge < -0.3 is 10.6 Å². The Hall–Kier alpha value is -1.91. The molecule has 22 heavy (non-hydrogen) atoms. The first-order valence-corrected chi connectivity index (χ1v) is 7.58. The lowest BCUT2D eigenvalue weighted by atomic mass is 10.0. The van der Waals surface area contributed by atoms with Crippen molar-refractivity contribution in [2.45, 2.75) is 19.1 Å². The van der Waals surface area contributed by atoms with Gasteiger partial charge in [-0.05, 0) is 34.9 Å². The molecule has 0 amide bonds. The molecule has 0 fully saturated rings. The van der Waals surface area contributed by atoms with E-state index in [9.17, 15) is 4.39 Å². The van der Waals surface area contributed by atoms with Gasteiger partial charge in [-0.25, -0.2) is 4.39 Å². The maximum absolute atomic E-state index is 13.1. The van der Waals surface area contributed by atoms with Crippen molar-refractivity contribution in [3.63, 3.8) is 0 Å². The van der Waals surface area contributed by atoms with Crippen LogP contribution in [-0.4, -0.2) is 25.5 Å². The van der Waals surface area contributed by atoms with E-state index in [0.29, 0.717) is 6.54 Å². The zero-order valence-corrected chi connectivity index (χ0v) is 13.1. The molecule has 4 heteroatoms. The summed E-state index contributed by atoms with van der Waals surface area (Å²) < 4.78 is 13.1. The molecule has 1 aliphatic rings. The normalized spacial score (nSPS) is 17.5. The van der Waals surface area contributed by atoms with E-state index >= 15 is 0 Å². The minimum atomic E-state index is -0.196. The molecule has 2 N–H and O–H groups in total. The van der Waals surface area contributed by atoms with Crippen LogP contribution in [0.5, 0.6) is 0 Å². The first-order chi connectivity index (χ1) is 10.6. The number of fused-ring (bicyclic) bond motifs is 1. The monoisotopic (exact) mass is 299 g/mol. The molecule has 0 spiro atoms. The molecule has 1 heterocycles. The number of hydrogen-bond donors (Lipinski definition) is 1. The van der Waals surface area contributed by atoms with Crippen LogP contribution in [0.3, 0.4) is 0 Å². The molecule has 0 radical (unpaired) electrons. The molecule has 2 aromatic carbocycles. The van der Waals surface area contributed by atoms with Crippen molar-refractivity contribution in [3.05, 3.63) is 65.0 Å². The average molecular weight is 299 g/mol. The van der Waals surface area contributed by atoms with E-state index in [1.807, 2.05) is 12.1 Å². The smallest absolute Gasteiger partial charge is 0.123 e. The van der Waals surface area contributed by atoms with Gasteiger partial charge in [0.15, 0.2) is 0 Å². The molecule has 1 unspecified atom stereocenters. The molecule has 1 atom stereocenters. The Morgan fingerprint density at radius 1 is 1.18 bits per heavy atom. The highest BCUT2D eigenvalue weighted by atomic mass is 19.1. The van der Waals surface area contributed by atoms with Crippen LogP contribution < -0.4 is 10.6 Å². The van der Waals surface area contributed by atoms with Gasteiger partial charge >= 0.3 is 0 Å². The SMILES string of the molecule is CN(C)c1cccc2c1CN(Cc1ccc(F)cc1)C2CN. The lowest BCUT2D eigenvalue weighted by Crippen LogP contribution is -2.27. The van der Waals surface area contributed by atoms with E-state index in [1.165, 1.54) is 28.9 Å². The third-order valence-corrected chi connectivity index (χ3v) is 4.35. The molecule has 0 bridgehead atoms. The van der Waals surface area contributed by atoms with E-state index in [4.69, 9.17) is 5.73 Å². The van der Waals surface area contributed by atoms with E-state index in [1.54, 1.807) is 0 Å². The van der Waals surface area contributed by atoms with Gasteiger partial charge in [-0.2, -0.15) is 0 Å². The molecule has 3 rings (SSSR count). The van der Waals surface area contributed by atoms with Crippen LogP contribution in [-0.2, 0) is 13.1 Å². The zero-order chi connectivity index (χ0) is 15.7. The summed E-state index contributed by atoms with van der Waals surface area (Å²) in [5.74, 6) is -0.196. The van der Waals surface area contributed by atoms with Crippen LogP contribution in [0.2, 0.25) is 0 Å². The minimum Gasteiger partial charge on any atom is -0.377 e. The summed E-state index contributed by atoms with van der Waals surface area (Å²) in [7, 11) is 4.13. The Balaban J connectivity index is 1.88. The number of nitrogens with zero attached hydrogens (tertiary/aromatic N) is 2. The fourth-order valence-electron chi connectivity index (χ4n) is 3.27.